The minimum absolute atomic E-state index is 0. The van der Waals surface area contributed by atoms with E-state index in [-0.39, 0.29) is 57.8 Å². The Hall–Kier alpha value is 1.11. The molecule has 0 heterocycles. The van der Waals surface area contributed by atoms with Crippen molar-refractivity contribution in [2.45, 2.75) is 244 Å². The normalized spacial score (nSPS) is 11.2. The molecule has 0 amide bonds. The van der Waals surface area contributed by atoms with E-state index in [2.05, 4.69) is 6.92 Å². The Balaban J connectivity index is 0. The van der Waals surface area contributed by atoms with Crippen molar-refractivity contribution in [3.63, 3.8) is 0 Å². The van der Waals surface area contributed by atoms with Crippen LogP contribution in [-0.4, -0.2) is 5.97 Å². The van der Waals surface area contributed by atoms with Gasteiger partial charge in [0.15, 0.2) is 0 Å². The van der Waals surface area contributed by atoms with Crippen molar-refractivity contribution >= 4 is 5.97 Å². The molecule has 246 valence electrons. The molecule has 0 fully saturated rings. The first kappa shape index (κ1) is 45.2. The van der Waals surface area contributed by atoms with E-state index in [4.69, 9.17) is 0 Å². The van der Waals surface area contributed by atoms with Gasteiger partial charge in [0.1, 0.15) is 0 Å². The average molecular weight is 617 g/mol. The monoisotopic (exact) mass is 617 g/mol. The summed E-state index contributed by atoms with van der Waals surface area (Å²) in [7, 11) is 0. The molecule has 2 nitrogen and oxygen atoms in total. The van der Waals surface area contributed by atoms with Crippen molar-refractivity contribution in [2.24, 2.45) is 0 Å². The Kier molecular flexibility index (Phi) is 45.3. The van der Waals surface area contributed by atoms with Gasteiger partial charge in [0.2, 0.25) is 0 Å². The first-order chi connectivity index (χ1) is 20.3. The molecule has 0 aliphatic rings. The fraction of sp³-hybridized carbons (Fsp3) is 0.974. The van der Waals surface area contributed by atoms with Crippen molar-refractivity contribution in [3.8, 4) is 0 Å². The minimum atomic E-state index is -0.897. The van der Waals surface area contributed by atoms with Crippen LogP contribution in [-0.2, 0) is 4.79 Å². The molecule has 3 heteroatoms. The SMILES string of the molecule is CCCCCCCCCCCCCCCCCCCCCCCCCCCCCCCCCCCCCCC(=O)[O-].[K+]. The predicted octanol–water partition coefficient (Wildman–Crippen LogP) is 10.2. The zero-order valence-electron chi connectivity index (χ0n) is 29.5. The Morgan fingerprint density at radius 3 is 0.595 bits per heavy atom. The molecule has 0 rings (SSSR count). The molecule has 0 aromatic carbocycles. The smallest absolute Gasteiger partial charge is 0.550 e. The largest absolute Gasteiger partial charge is 1.00 e. The number of carbonyl (C=O) groups is 1. The summed E-state index contributed by atoms with van der Waals surface area (Å²) >= 11 is 0. The molecule has 0 saturated heterocycles. The molecule has 0 spiro atoms. The van der Waals surface area contributed by atoms with Gasteiger partial charge in [-0.15, -0.1) is 0 Å². The topological polar surface area (TPSA) is 40.1 Å². The summed E-state index contributed by atoms with van der Waals surface area (Å²) in [6.45, 7) is 2.30. The molecule has 0 aliphatic heterocycles. The minimum Gasteiger partial charge on any atom is -0.550 e. The van der Waals surface area contributed by atoms with Crippen LogP contribution in [0.25, 0.3) is 0 Å². The zero-order chi connectivity index (χ0) is 29.7. The molecule has 42 heavy (non-hydrogen) atoms. The fourth-order valence-corrected chi connectivity index (χ4v) is 6.35. The predicted molar refractivity (Wildman–Crippen MR) is 182 cm³/mol. The van der Waals surface area contributed by atoms with E-state index < -0.39 is 5.97 Å². The van der Waals surface area contributed by atoms with Crippen LogP contribution < -0.4 is 56.5 Å². The van der Waals surface area contributed by atoms with Crippen LogP contribution in [0.15, 0.2) is 0 Å². The number of rotatable bonds is 37. The van der Waals surface area contributed by atoms with Gasteiger partial charge >= 0.3 is 51.4 Å². The Morgan fingerprint density at radius 2 is 0.452 bits per heavy atom. The molecule has 0 atom stereocenters. The van der Waals surface area contributed by atoms with E-state index >= 15 is 0 Å². The molecular weight excluding hydrogens is 540 g/mol. The number of carbonyl (C=O) groups excluding carboxylic acids is 1. The van der Waals surface area contributed by atoms with E-state index in [1.807, 2.05) is 0 Å². The van der Waals surface area contributed by atoms with Crippen LogP contribution >= 0.6 is 0 Å². The number of carboxylic acid groups (broad SMARTS) is 1. The van der Waals surface area contributed by atoms with Gasteiger partial charge in [-0.25, -0.2) is 0 Å². The maximum Gasteiger partial charge on any atom is 1.00 e. The average Bonchev–Trinajstić information content (AvgIpc) is 2.97. The standard InChI is InChI=1S/C39H78O2.K/c1-2-3-4-5-6-7-8-9-10-11-12-13-14-15-16-17-18-19-20-21-22-23-24-25-26-27-28-29-30-31-32-33-34-35-36-37-38-39(40)41;/h2-38H2,1H3,(H,40,41);/q;+1/p-1. The Labute approximate surface area is 308 Å². The summed E-state index contributed by atoms with van der Waals surface area (Å²) in [5.41, 5.74) is 0. The first-order valence-electron chi connectivity index (χ1n) is 19.5. The molecule has 0 aromatic rings. The van der Waals surface area contributed by atoms with Crippen molar-refractivity contribution in [1.29, 1.82) is 0 Å². The van der Waals surface area contributed by atoms with Crippen molar-refractivity contribution in [1.82, 2.24) is 0 Å². The molecule has 0 unspecified atom stereocenters. The third-order valence-electron chi connectivity index (χ3n) is 9.23. The number of carboxylic acids is 1. The van der Waals surface area contributed by atoms with Gasteiger partial charge in [0.25, 0.3) is 0 Å². The van der Waals surface area contributed by atoms with E-state index in [0.29, 0.717) is 0 Å². The van der Waals surface area contributed by atoms with E-state index in [1.165, 1.54) is 218 Å². The number of hydrogen-bond donors (Lipinski definition) is 0. The van der Waals surface area contributed by atoms with Gasteiger partial charge in [0, 0.05) is 5.97 Å². The van der Waals surface area contributed by atoms with E-state index in [1.54, 1.807) is 0 Å². The van der Waals surface area contributed by atoms with Crippen LogP contribution in [0, 0.1) is 0 Å². The third kappa shape index (κ3) is 43.2. The van der Waals surface area contributed by atoms with Crippen molar-refractivity contribution < 1.29 is 61.3 Å². The second-order valence-electron chi connectivity index (χ2n) is 13.5. The van der Waals surface area contributed by atoms with Crippen LogP contribution in [0.2, 0.25) is 0 Å². The maximum absolute atomic E-state index is 10.4. The van der Waals surface area contributed by atoms with E-state index in [9.17, 15) is 9.90 Å². The molecule has 0 aromatic heterocycles. The maximum atomic E-state index is 10.4. The molecule has 0 radical (unpaired) electrons. The number of aliphatic carboxylic acids is 1. The molecular formula is C39H77KO2. The summed E-state index contributed by atoms with van der Waals surface area (Å²) in [6.07, 6.45) is 51.0. The fourth-order valence-electron chi connectivity index (χ4n) is 6.35. The molecule has 0 aliphatic carbocycles. The van der Waals surface area contributed by atoms with Crippen LogP contribution in [0.1, 0.15) is 244 Å². The number of hydrogen-bond acceptors (Lipinski definition) is 2. The number of unbranched alkanes of at least 4 members (excludes halogenated alkanes) is 35. The second-order valence-corrected chi connectivity index (χ2v) is 13.5. The Bertz CT molecular complexity index is 481. The van der Waals surface area contributed by atoms with Gasteiger partial charge in [-0.05, 0) is 12.8 Å². The van der Waals surface area contributed by atoms with Crippen molar-refractivity contribution in [3.05, 3.63) is 0 Å². The van der Waals surface area contributed by atoms with Gasteiger partial charge in [-0.2, -0.15) is 0 Å². The zero-order valence-corrected chi connectivity index (χ0v) is 32.6. The summed E-state index contributed by atoms with van der Waals surface area (Å²) in [5, 5.41) is 10.4. The van der Waals surface area contributed by atoms with Gasteiger partial charge in [-0.3, -0.25) is 0 Å². The van der Waals surface area contributed by atoms with E-state index in [0.717, 1.165) is 12.8 Å². The summed E-state index contributed by atoms with van der Waals surface area (Å²) in [5.74, 6) is -0.897. The second kappa shape index (κ2) is 42.1. The summed E-state index contributed by atoms with van der Waals surface area (Å²) < 4.78 is 0. The van der Waals surface area contributed by atoms with Gasteiger partial charge in [0.05, 0.1) is 0 Å². The van der Waals surface area contributed by atoms with Crippen LogP contribution in [0.4, 0.5) is 0 Å². The Morgan fingerprint density at radius 1 is 0.310 bits per heavy atom. The quantitative estimate of drug-likeness (QED) is 0.0515. The van der Waals surface area contributed by atoms with Crippen LogP contribution in [0.3, 0.4) is 0 Å². The van der Waals surface area contributed by atoms with Gasteiger partial charge < -0.3 is 9.90 Å². The summed E-state index contributed by atoms with van der Waals surface area (Å²) in [6, 6.07) is 0. The third-order valence-corrected chi connectivity index (χ3v) is 9.23. The van der Waals surface area contributed by atoms with Crippen molar-refractivity contribution in [2.75, 3.05) is 0 Å². The summed E-state index contributed by atoms with van der Waals surface area (Å²) in [4.78, 5) is 10.4. The van der Waals surface area contributed by atoms with Crippen LogP contribution in [0.5, 0.6) is 0 Å². The van der Waals surface area contributed by atoms with Gasteiger partial charge in [-0.1, -0.05) is 232 Å². The molecule has 0 saturated carbocycles. The molecule has 0 N–H and O–H groups in total. The first-order valence-corrected chi connectivity index (χ1v) is 19.5. The molecule has 0 bridgehead atoms.